The number of thiazole rings is 1. The maximum atomic E-state index is 12.1. The monoisotopic (exact) mass is 408 g/mol. The Balaban J connectivity index is 1.68. The normalized spacial score (nSPS) is 11.9. The summed E-state index contributed by atoms with van der Waals surface area (Å²) in [4.78, 5) is 39.7. The van der Waals surface area contributed by atoms with Crippen LogP contribution in [0.2, 0.25) is 0 Å². The molecule has 1 amide bonds. The van der Waals surface area contributed by atoms with E-state index in [1.165, 1.54) is 11.3 Å². The molecule has 0 unspecified atom stereocenters. The van der Waals surface area contributed by atoms with Crippen molar-refractivity contribution in [3.05, 3.63) is 70.1 Å². The number of aromatic nitrogens is 4. The molecular formula is C19H16N6O3S. The van der Waals surface area contributed by atoms with Gasteiger partial charge < -0.3 is 10.4 Å². The van der Waals surface area contributed by atoms with E-state index in [4.69, 9.17) is 0 Å². The molecule has 3 N–H and O–H groups in total. The Morgan fingerprint density at radius 1 is 1.21 bits per heavy atom. The lowest BCUT2D eigenvalue weighted by molar-refractivity contribution is 0.199. The molecule has 2 heterocycles. The highest BCUT2D eigenvalue weighted by molar-refractivity contribution is 7.16. The summed E-state index contributed by atoms with van der Waals surface area (Å²) in [5.74, 6) is -0.116. The van der Waals surface area contributed by atoms with Gasteiger partial charge in [0, 0.05) is 5.69 Å². The van der Waals surface area contributed by atoms with Crippen molar-refractivity contribution >= 4 is 45.2 Å². The molecule has 29 heavy (non-hydrogen) atoms. The average Bonchev–Trinajstić information content (AvgIpc) is 3.16. The van der Waals surface area contributed by atoms with Crippen LogP contribution in [0.15, 0.2) is 58.8 Å². The summed E-state index contributed by atoms with van der Waals surface area (Å²) in [6, 6.07) is 14.0. The summed E-state index contributed by atoms with van der Waals surface area (Å²) >= 11 is 1.49. The fraction of sp³-hybridized carbons (Fsp3) is 0.105. The molecule has 146 valence electrons. The van der Waals surface area contributed by atoms with Crippen molar-refractivity contribution in [1.82, 2.24) is 19.9 Å². The molecule has 0 aliphatic heterocycles. The van der Waals surface area contributed by atoms with Crippen molar-refractivity contribution in [3.63, 3.8) is 0 Å². The lowest BCUT2D eigenvalue weighted by Crippen LogP contribution is -2.35. The number of amides is 1. The first-order valence-electron chi connectivity index (χ1n) is 8.67. The average molecular weight is 408 g/mol. The van der Waals surface area contributed by atoms with Gasteiger partial charge in [-0.05, 0) is 30.7 Å². The number of carbonyl (C=O) groups is 1. The van der Waals surface area contributed by atoms with Crippen LogP contribution >= 0.6 is 11.3 Å². The van der Waals surface area contributed by atoms with E-state index in [9.17, 15) is 14.7 Å². The van der Waals surface area contributed by atoms with Crippen LogP contribution in [-0.2, 0) is 0 Å². The fourth-order valence-corrected chi connectivity index (χ4v) is 3.63. The van der Waals surface area contributed by atoms with Gasteiger partial charge in [-0.2, -0.15) is 9.97 Å². The summed E-state index contributed by atoms with van der Waals surface area (Å²) in [5.41, 5.74) is 3.34. The standard InChI is InChI=1S/C19H16N6O3S/c1-11(12-5-3-2-4-6-12)25(19(27)28)17-22-16(23-18(26)24-17)21-13-7-8-14-15(9-13)29-10-20-14/h2-11H,1H3,(H,27,28)(H2,21,22,23,24,26)/t11-/m0/s1. The molecule has 2 aromatic heterocycles. The number of hydrogen-bond donors (Lipinski definition) is 3. The minimum absolute atomic E-state index is 0.0929. The van der Waals surface area contributed by atoms with Gasteiger partial charge in [0.05, 0.1) is 21.8 Å². The van der Waals surface area contributed by atoms with E-state index >= 15 is 0 Å². The van der Waals surface area contributed by atoms with Gasteiger partial charge in [0.25, 0.3) is 0 Å². The smallest absolute Gasteiger partial charge is 0.414 e. The van der Waals surface area contributed by atoms with Crippen LogP contribution in [0.5, 0.6) is 0 Å². The number of carboxylic acid groups (broad SMARTS) is 1. The van der Waals surface area contributed by atoms with Gasteiger partial charge in [0.1, 0.15) is 0 Å². The van der Waals surface area contributed by atoms with Crippen molar-refractivity contribution < 1.29 is 9.90 Å². The van der Waals surface area contributed by atoms with E-state index in [0.29, 0.717) is 5.69 Å². The second kappa shape index (κ2) is 7.68. The summed E-state index contributed by atoms with van der Waals surface area (Å²) in [6.07, 6.45) is -1.26. The Bertz CT molecular complexity index is 1220. The number of nitrogens with zero attached hydrogens (tertiary/aromatic N) is 4. The highest BCUT2D eigenvalue weighted by atomic mass is 32.1. The lowest BCUT2D eigenvalue weighted by Gasteiger charge is -2.24. The fourth-order valence-electron chi connectivity index (χ4n) is 2.91. The molecule has 10 heteroatoms. The number of hydrogen-bond acceptors (Lipinski definition) is 7. The number of anilines is 3. The van der Waals surface area contributed by atoms with E-state index in [1.807, 2.05) is 30.3 Å². The van der Waals surface area contributed by atoms with E-state index in [0.717, 1.165) is 20.7 Å². The maximum absolute atomic E-state index is 12.1. The molecule has 2 aromatic carbocycles. The quantitative estimate of drug-likeness (QED) is 0.459. The van der Waals surface area contributed by atoms with E-state index < -0.39 is 17.8 Å². The summed E-state index contributed by atoms with van der Waals surface area (Å²) < 4.78 is 0.969. The van der Waals surface area contributed by atoms with Gasteiger partial charge in [-0.25, -0.2) is 19.5 Å². The van der Waals surface area contributed by atoms with Crippen molar-refractivity contribution in [1.29, 1.82) is 0 Å². The molecule has 0 saturated carbocycles. The second-order valence-corrected chi connectivity index (χ2v) is 7.09. The zero-order valence-electron chi connectivity index (χ0n) is 15.2. The minimum Gasteiger partial charge on any atom is -0.465 e. The Hall–Kier alpha value is -3.79. The Morgan fingerprint density at radius 3 is 2.76 bits per heavy atom. The molecule has 0 aliphatic rings. The van der Waals surface area contributed by atoms with Crippen LogP contribution in [0.25, 0.3) is 10.2 Å². The molecular weight excluding hydrogens is 392 g/mol. The van der Waals surface area contributed by atoms with Crippen molar-refractivity contribution in [2.75, 3.05) is 10.2 Å². The number of aromatic amines is 1. The van der Waals surface area contributed by atoms with Crippen molar-refractivity contribution in [2.24, 2.45) is 0 Å². The van der Waals surface area contributed by atoms with Crippen LogP contribution in [0, 0.1) is 0 Å². The first kappa shape index (κ1) is 18.6. The zero-order valence-corrected chi connectivity index (χ0v) is 16.1. The van der Waals surface area contributed by atoms with E-state index in [1.54, 1.807) is 30.6 Å². The van der Waals surface area contributed by atoms with Crippen LogP contribution in [-0.4, -0.2) is 31.1 Å². The van der Waals surface area contributed by atoms with Crippen molar-refractivity contribution in [2.45, 2.75) is 13.0 Å². The maximum Gasteiger partial charge on any atom is 0.414 e. The zero-order chi connectivity index (χ0) is 20.4. The molecule has 1 atom stereocenters. The van der Waals surface area contributed by atoms with Crippen LogP contribution < -0.4 is 15.9 Å². The second-order valence-electron chi connectivity index (χ2n) is 6.20. The topological polar surface area (TPSA) is 124 Å². The predicted molar refractivity (Wildman–Crippen MR) is 111 cm³/mol. The third kappa shape index (κ3) is 3.92. The Labute approximate surface area is 168 Å². The number of H-pyrrole nitrogens is 1. The Morgan fingerprint density at radius 2 is 2.00 bits per heavy atom. The third-order valence-electron chi connectivity index (χ3n) is 4.32. The SMILES string of the molecule is C[C@@H](c1ccccc1)N(C(=O)O)c1nc(Nc2ccc3ncsc3c2)[nH]c(=O)n1. The highest BCUT2D eigenvalue weighted by Gasteiger charge is 2.26. The number of fused-ring (bicyclic) bond motifs is 1. The first-order chi connectivity index (χ1) is 14.0. The first-order valence-corrected chi connectivity index (χ1v) is 9.55. The molecule has 4 rings (SSSR count). The molecule has 4 aromatic rings. The van der Waals surface area contributed by atoms with Crippen LogP contribution in [0.4, 0.5) is 22.4 Å². The largest absolute Gasteiger partial charge is 0.465 e. The minimum atomic E-state index is -1.26. The van der Waals surface area contributed by atoms with Crippen LogP contribution in [0.3, 0.4) is 0 Å². The van der Waals surface area contributed by atoms with Crippen LogP contribution in [0.1, 0.15) is 18.5 Å². The molecule has 0 saturated heterocycles. The summed E-state index contributed by atoms with van der Waals surface area (Å²) in [5, 5.41) is 12.7. The van der Waals surface area contributed by atoms with E-state index in [-0.39, 0.29) is 11.9 Å². The van der Waals surface area contributed by atoms with Gasteiger partial charge >= 0.3 is 11.8 Å². The van der Waals surface area contributed by atoms with Gasteiger partial charge in [0.15, 0.2) is 0 Å². The van der Waals surface area contributed by atoms with E-state index in [2.05, 4.69) is 25.3 Å². The van der Waals surface area contributed by atoms with Gasteiger partial charge in [-0.1, -0.05) is 30.3 Å². The summed E-state index contributed by atoms with van der Waals surface area (Å²) in [6.45, 7) is 1.71. The number of rotatable bonds is 5. The molecule has 0 radical (unpaired) electrons. The van der Waals surface area contributed by atoms with Gasteiger partial charge in [-0.15, -0.1) is 11.3 Å². The molecule has 0 aliphatic carbocycles. The summed E-state index contributed by atoms with van der Waals surface area (Å²) in [7, 11) is 0. The number of benzene rings is 2. The van der Waals surface area contributed by atoms with Crippen molar-refractivity contribution in [3.8, 4) is 0 Å². The Kier molecular flexibility index (Phi) is 4.92. The molecule has 0 fully saturated rings. The molecule has 9 nitrogen and oxygen atoms in total. The molecule has 0 spiro atoms. The predicted octanol–water partition coefficient (Wildman–Crippen LogP) is 3.76. The molecule has 0 bridgehead atoms. The lowest BCUT2D eigenvalue weighted by atomic mass is 10.1. The highest BCUT2D eigenvalue weighted by Crippen LogP contribution is 2.26. The van der Waals surface area contributed by atoms with Gasteiger partial charge in [0.2, 0.25) is 11.9 Å². The van der Waals surface area contributed by atoms with Gasteiger partial charge in [-0.3, -0.25) is 4.98 Å². The third-order valence-corrected chi connectivity index (χ3v) is 5.12. The number of nitrogens with one attached hydrogen (secondary N) is 2.